The summed E-state index contributed by atoms with van der Waals surface area (Å²) < 4.78 is 33.0. The molecule has 2 aliphatic heterocycles. The number of hydrogen-bond acceptors (Lipinski definition) is 8. The van der Waals surface area contributed by atoms with E-state index in [1.165, 1.54) is 24.9 Å². The molecule has 3 atom stereocenters. The monoisotopic (exact) mass is 547 g/mol. The standard InChI is InChI=1S/C26H28Cl2FN5O3/c27-18-1-2-19(24(29)23(18)28)33-26-17-10-22(37-25-15-9-16(25)13-30-12-15)21(11-20(17)31-14-32-26)36-8-5-34-3-6-35-7-4-34/h1-2,10-11,14-16,25,30H,3-9,12-13H2,(H,31,32,33)/t15-,16+,25?. The molecular formula is C26H28Cl2FN5O3. The van der Waals surface area contributed by atoms with Gasteiger partial charge < -0.3 is 24.8 Å². The number of aromatic nitrogens is 2. The lowest BCUT2D eigenvalue weighted by Crippen LogP contribution is -2.59. The van der Waals surface area contributed by atoms with Crippen LogP contribution in [0.15, 0.2) is 30.6 Å². The molecule has 1 unspecified atom stereocenters. The van der Waals surface area contributed by atoms with Gasteiger partial charge >= 0.3 is 0 Å². The van der Waals surface area contributed by atoms with Crippen LogP contribution in [-0.2, 0) is 4.74 Å². The minimum absolute atomic E-state index is 0.133. The summed E-state index contributed by atoms with van der Waals surface area (Å²) in [4.78, 5) is 11.1. The predicted octanol–water partition coefficient (Wildman–Crippen LogP) is 4.52. The van der Waals surface area contributed by atoms with Gasteiger partial charge in [-0.15, -0.1) is 0 Å². The third-order valence-electron chi connectivity index (χ3n) is 7.37. The maximum absolute atomic E-state index is 14.8. The zero-order chi connectivity index (χ0) is 25.4. The molecule has 3 aromatic rings. The van der Waals surface area contributed by atoms with E-state index in [4.69, 9.17) is 37.4 Å². The van der Waals surface area contributed by atoms with Gasteiger partial charge in [0.05, 0.1) is 34.5 Å². The van der Waals surface area contributed by atoms with Crippen molar-refractivity contribution in [3.05, 3.63) is 46.5 Å². The van der Waals surface area contributed by atoms with Gasteiger partial charge in [0.15, 0.2) is 17.3 Å². The van der Waals surface area contributed by atoms with Gasteiger partial charge in [-0.2, -0.15) is 0 Å². The number of rotatable bonds is 8. The predicted molar refractivity (Wildman–Crippen MR) is 141 cm³/mol. The Bertz CT molecular complexity index is 1280. The third kappa shape index (κ3) is 5.15. The average molecular weight is 548 g/mol. The lowest BCUT2D eigenvalue weighted by molar-refractivity contribution is -0.0459. The maximum Gasteiger partial charge on any atom is 0.166 e. The van der Waals surface area contributed by atoms with Crippen molar-refractivity contribution in [3.63, 3.8) is 0 Å². The summed E-state index contributed by atoms with van der Waals surface area (Å²) >= 11 is 12.0. The van der Waals surface area contributed by atoms with Crippen LogP contribution in [0.25, 0.3) is 10.9 Å². The lowest BCUT2D eigenvalue weighted by atomic mass is 9.69. The topological polar surface area (TPSA) is 80.8 Å². The number of morpholine rings is 1. The normalized spacial score (nSPS) is 23.5. The van der Waals surface area contributed by atoms with Crippen molar-refractivity contribution in [1.29, 1.82) is 0 Å². The van der Waals surface area contributed by atoms with Crippen LogP contribution in [0.4, 0.5) is 15.9 Å². The van der Waals surface area contributed by atoms with Crippen LogP contribution in [-0.4, -0.2) is 73.5 Å². The Morgan fingerprint density at radius 2 is 1.92 bits per heavy atom. The highest BCUT2D eigenvalue weighted by atomic mass is 35.5. The van der Waals surface area contributed by atoms with Gasteiger partial charge in [-0.3, -0.25) is 4.90 Å². The summed E-state index contributed by atoms with van der Waals surface area (Å²) in [5.74, 6) is 2.03. The molecule has 37 heavy (non-hydrogen) atoms. The van der Waals surface area contributed by atoms with Gasteiger partial charge in [0, 0.05) is 56.0 Å². The van der Waals surface area contributed by atoms with Crippen molar-refractivity contribution in [2.24, 2.45) is 11.8 Å². The third-order valence-corrected chi connectivity index (χ3v) is 8.15. The van der Waals surface area contributed by atoms with Crippen LogP contribution in [0.1, 0.15) is 6.42 Å². The van der Waals surface area contributed by atoms with E-state index in [1.54, 1.807) is 0 Å². The molecule has 0 radical (unpaired) electrons. The molecule has 11 heteroatoms. The smallest absolute Gasteiger partial charge is 0.166 e. The Morgan fingerprint density at radius 1 is 1.11 bits per heavy atom. The molecule has 3 aliphatic rings. The van der Waals surface area contributed by atoms with Crippen LogP contribution >= 0.6 is 23.2 Å². The molecule has 3 fully saturated rings. The maximum atomic E-state index is 14.8. The molecule has 0 amide bonds. The molecular weight excluding hydrogens is 520 g/mol. The first-order valence-corrected chi connectivity index (χ1v) is 13.3. The Morgan fingerprint density at radius 3 is 2.70 bits per heavy atom. The zero-order valence-corrected chi connectivity index (χ0v) is 21.7. The Labute approximate surface area is 224 Å². The zero-order valence-electron chi connectivity index (χ0n) is 20.2. The van der Waals surface area contributed by atoms with E-state index in [-0.39, 0.29) is 21.8 Å². The van der Waals surface area contributed by atoms with Crippen LogP contribution in [0.5, 0.6) is 11.5 Å². The largest absolute Gasteiger partial charge is 0.488 e. The number of anilines is 2. The fourth-order valence-electron chi connectivity index (χ4n) is 5.27. The van der Waals surface area contributed by atoms with Crippen LogP contribution in [0.2, 0.25) is 10.0 Å². The van der Waals surface area contributed by atoms with E-state index in [0.717, 1.165) is 45.9 Å². The number of halogens is 3. The first-order chi connectivity index (χ1) is 18.1. The lowest BCUT2D eigenvalue weighted by Gasteiger charge is -2.49. The van der Waals surface area contributed by atoms with Crippen LogP contribution in [0.3, 0.4) is 0 Å². The van der Waals surface area contributed by atoms with Crippen molar-refractivity contribution in [2.45, 2.75) is 12.5 Å². The number of piperidine rings is 2. The average Bonchev–Trinajstić information content (AvgIpc) is 2.93. The van der Waals surface area contributed by atoms with Crippen molar-refractivity contribution >= 4 is 45.6 Å². The molecule has 0 spiro atoms. The van der Waals surface area contributed by atoms with Crippen LogP contribution in [0, 0.1) is 17.7 Å². The number of ether oxygens (including phenoxy) is 3. The highest BCUT2D eigenvalue weighted by molar-refractivity contribution is 6.42. The summed E-state index contributed by atoms with van der Waals surface area (Å²) in [7, 11) is 0. The summed E-state index contributed by atoms with van der Waals surface area (Å²) in [6.07, 6.45) is 2.74. The van der Waals surface area contributed by atoms with Gasteiger partial charge in [0.1, 0.15) is 24.9 Å². The molecule has 6 rings (SSSR count). The fourth-order valence-corrected chi connectivity index (χ4v) is 5.58. The molecule has 8 nitrogen and oxygen atoms in total. The molecule has 2 aromatic carbocycles. The van der Waals surface area contributed by atoms with Gasteiger partial charge in [-0.05, 0) is 24.6 Å². The van der Waals surface area contributed by atoms with E-state index in [2.05, 4.69) is 25.5 Å². The molecule has 2 bridgehead atoms. The molecule has 3 heterocycles. The van der Waals surface area contributed by atoms with Gasteiger partial charge in [0.25, 0.3) is 0 Å². The second kappa shape index (κ2) is 10.7. The van der Waals surface area contributed by atoms with Crippen molar-refractivity contribution in [2.75, 3.05) is 57.9 Å². The highest BCUT2D eigenvalue weighted by Crippen LogP contribution is 2.43. The Balaban J connectivity index is 1.30. The first-order valence-electron chi connectivity index (χ1n) is 12.6. The van der Waals surface area contributed by atoms with Gasteiger partial charge in [0.2, 0.25) is 0 Å². The van der Waals surface area contributed by atoms with Crippen molar-refractivity contribution in [3.8, 4) is 11.5 Å². The summed E-state index contributed by atoms with van der Waals surface area (Å²) in [6.45, 7) is 6.51. The molecule has 2 saturated heterocycles. The Hall–Kier alpha value is -2.43. The molecule has 1 aromatic heterocycles. The second-order valence-electron chi connectivity index (χ2n) is 9.69. The minimum Gasteiger partial charge on any atom is -0.488 e. The minimum atomic E-state index is -0.643. The number of nitrogens with one attached hydrogen (secondary N) is 2. The van der Waals surface area contributed by atoms with E-state index >= 15 is 0 Å². The highest BCUT2D eigenvalue weighted by Gasteiger charge is 2.45. The van der Waals surface area contributed by atoms with Gasteiger partial charge in [-0.1, -0.05) is 23.2 Å². The summed E-state index contributed by atoms with van der Waals surface area (Å²) in [5, 5.41) is 7.18. The van der Waals surface area contributed by atoms with Crippen molar-refractivity contribution < 1.29 is 18.6 Å². The van der Waals surface area contributed by atoms with E-state index in [0.29, 0.717) is 46.7 Å². The van der Waals surface area contributed by atoms with Crippen LogP contribution < -0.4 is 20.1 Å². The Kier molecular flexibility index (Phi) is 7.23. The van der Waals surface area contributed by atoms with E-state index < -0.39 is 5.82 Å². The summed E-state index contributed by atoms with van der Waals surface area (Å²) in [6, 6.07) is 6.82. The second-order valence-corrected chi connectivity index (χ2v) is 10.5. The number of nitrogens with zero attached hydrogens (tertiary/aromatic N) is 3. The molecule has 196 valence electrons. The van der Waals surface area contributed by atoms with Crippen molar-refractivity contribution in [1.82, 2.24) is 20.2 Å². The SMILES string of the molecule is Fc1c(Nc2ncnc3cc(OCCN4CCOCC4)c(OC4[C@@H]5CNC[C@H]4C5)cc23)ccc(Cl)c1Cl. The van der Waals surface area contributed by atoms with E-state index in [9.17, 15) is 4.39 Å². The first kappa shape index (κ1) is 24.9. The van der Waals surface area contributed by atoms with E-state index in [1.807, 2.05) is 12.1 Å². The fraction of sp³-hybridized carbons (Fsp3) is 0.462. The molecule has 1 saturated carbocycles. The summed E-state index contributed by atoms with van der Waals surface area (Å²) in [5.41, 5.74) is 0.824. The quantitative estimate of drug-likeness (QED) is 0.398. The molecule has 1 aliphatic carbocycles. The number of hydrogen-bond donors (Lipinski definition) is 2. The number of benzene rings is 2. The van der Waals surface area contributed by atoms with Gasteiger partial charge in [-0.25, -0.2) is 14.4 Å². The number of fused-ring (bicyclic) bond motifs is 3. The molecule has 2 N–H and O–H groups in total.